The number of phenols is 2. The van der Waals surface area contributed by atoms with Crippen LogP contribution in [0, 0.1) is 11.8 Å². The number of carboxylic acids is 2. The van der Waals surface area contributed by atoms with Gasteiger partial charge in [-0.2, -0.15) is 0 Å². The van der Waals surface area contributed by atoms with E-state index in [4.69, 9.17) is 29.8 Å². The van der Waals surface area contributed by atoms with Crippen molar-refractivity contribution in [3.63, 3.8) is 0 Å². The fourth-order valence-electron chi connectivity index (χ4n) is 5.56. The quantitative estimate of drug-likeness (QED) is 0.229. The average Bonchev–Trinajstić information content (AvgIpc) is 2.98. The van der Waals surface area contributed by atoms with E-state index in [1.807, 2.05) is 12.4 Å². The summed E-state index contributed by atoms with van der Waals surface area (Å²) < 4.78 is 0. The Morgan fingerprint density at radius 1 is 0.694 bits per heavy atom. The fraction of sp³-hybridized carbons (Fsp3) is 0.600. The van der Waals surface area contributed by atoms with Crippen molar-refractivity contribution in [1.82, 2.24) is 0 Å². The summed E-state index contributed by atoms with van der Waals surface area (Å²) in [5, 5.41) is 39.9. The van der Waals surface area contributed by atoms with Gasteiger partial charge in [-0.1, -0.05) is 80.4 Å². The van der Waals surface area contributed by atoms with Crippen LogP contribution in [-0.4, -0.2) is 46.7 Å². The van der Waals surface area contributed by atoms with Crippen molar-refractivity contribution in [3.8, 4) is 11.5 Å². The Morgan fingerprint density at radius 2 is 1.00 bits per heavy atom. The van der Waals surface area contributed by atoms with Gasteiger partial charge in [0, 0.05) is 35.5 Å². The molecule has 49 heavy (non-hydrogen) atoms. The van der Waals surface area contributed by atoms with Crippen molar-refractivity contribution in [2.24, 2.45) is 21.8 Å². The van der Waals surface area contributed by atoms with Crippen molar-refractivity contribution in [1.29, 1.82) is 0 Å². The molecular weight excluding hydrogens is 663 g/mol. The summed E-state index contributed by atoms with van der Waals surface area (Å²) in [5.41, 5.74) is 6.15. The van der Waals surface area contributed by atoms with Gasteiger partial charge in [0.25, 0.3) is 0 Å². The number of hydrogen-bond donors (Lipinski definition) is 2. The van der Waals surface area contributed by atoms with Gasteiger partial charge in [0.05, 0.1) is 12.1 Å². The molecule has 2 N–H and O–H groups in total. The molecule has 1 fully saturated rings. The van der Waals surface area contributed by atoms with Crippen LogP contribution in [0.5, 0.6) is 11.5 Å². The number of benzene rings is 2. The maximum atomic E-state index is 11.1. The standard InChI is InChI=1S/C36H54N2O2.2C2H4O2.Co/c1-23(2)13-15-27-17-29(35(39)31(19-27)25(5)6)21-37-33-11-9-10-12-34(33)38-22-30-18-28(16-14-24(3)4)20-32(26(7)8)36(30)40;2*1-2(3)4;/h17-26,33-34,39-40H,9-16H2,1-8H3;2*1H3,(H,3,4);/q;;;+2/p-2. The first-order valence-electron chi connectivity index (χ1n) is 17.6. The van der Waals surface area contributed by atoms with Gasteiger partial charge in [-0.25, -0.2) is 0 Å². The van der Waals surface area contributed by atoms with Gasteiger partial charge >= 0.3 is 16.8 Å². The van der Waals surface area contributed by atoms with Crippen molar-refractivity contribution in [2.75, 3.05) is 0 Å². The summed E-state index contributed by atoms with van der Waals surface area (Å²) in [5.74, 6) is 0.317. The summed E-state index contributed by atoms with van der Waals surface area (Å²) in [4.78, 5) is 27.8. The number of rotatable bonds is 12. The average molecular weight is 724 g/mol. The molecule has 0 spiro atoms. The first-order valence-corrected chi connectivity index (χ1v) is 17.6. The van der Waals surface area contributed by atoms with E-state index in [1.54, 1.807) is 0 Å². The SMILES string of the molecule is CC(=O)[O-].CC(=O)[O-].CC(C)CCc1cc(C=NC2CCCCC2N=Cc2cc(CCC(C)C)cc(C(C)C)c2O)c(O)c(C(C)C)c1.[Co+2]. The second kappa shape index (κ2) is 23.3. The zero-order chi connectivity index (χ0) is 36.6. The molecule has 0 saturated heterocycles. The van der Waals surface area contributed by atoms with Crippen LogP contribution in [0.4, 0.5) is 0 Å². The van der Waals surface area contributed by atoms with Gasteiger partial charge in [-0.05, 0) is 110 Å². The van der Waals surface area contributed by atoms with Crippen LogP contribution in [-0.2, 0) is 39.2 Å². The molecule has 1 radical (unpaired) electrons. The second-order valence-corrected chi connectivity index (χ2v) is 14.4. The third-order valence-electron chi connectivity index (χ3n) is 8.23. The summed E-state index contributed by atoms with van der Waals surface area (Å²) >= 11 is 0. The minimum Gasteiger partial charge on any atom is -0.550 e. The largest absolute Gasteiger partial charge is 2.00 e. The van der Waals surface area contributed by atoms with Crippen LogP contribution in [0.2, 0.25) is 0 Å². The fourth-order valence-corrected chi connectivity index (χ4v) is 5.56. The second-order valence-electron chi connectivity index (χ2n) is 14.4. The maximum Gasteiger partial charge on any atom is 2.00 e. The molecular formula is C40H60CoN2O6. The third-order valence-corrected chi connectivity index (χ3v) is 8.23. The van der Waals surface area contributed by atoms with Crippen LogP contribution < -0.4 is 10.2 Å². The molecule has 275 valence electrons. The Bertz CT molecular complexity index is 1260. The topological polar surface area (TPSA) is 145 Å². The van der Waals surface area contributed by atoms with E-state index in [9.17, 15) is 10.2 Å². The number of aryl methyl sites for hydroxylation is 2. The van der Waals surface area contributed by atoms with Gasteiger partial charge < -0.3 is 30.0 Å². The maximum absolute atomic E-state index is 11.1. The molecule has 0 heterocycles. The van der Waals surface area contributed by atoms with Crippen LogP contribution >= 0.6 is 0 Å². The van der Waals surface area contributed by atoms with Crippen LogP contribution in [0.3, 0.4) is 0 Å². The molecule has 8 nitrogen and oxygen atoms in total. The van der Waals surface area contributed by atoms with Crippen LogP contribution in [0.1, 0.15) is 153 Å². The van der Waals surface area contributed by atoms with E-state index in [1.165, 1.54) is 11.1 Å². The molecule has 0 aromatic heterocycles. The number of phenolic OH excluding ortho intramolecular Hbond substituents is 2. The summed E-state index contributed by atoms with van der Waals surface area (Å²) in [6.45, 7) is 19.5. The number of aromatic hydroxyl groups is 2. The first kappa shape index (κ1) is 45.8. The zero-order valence-corrected chi connectivity index (χ0v) is 32.4. The number of carboxylic acid groups (broad SMARTS) is 2. The summed E-state index contributed by atoms with van der Waals surface area (Å²) in [7, 11) is 0. The van der Waals surface area contributed by atoms with Crippen molar-refractivity contribution in [3.05, 3.63) is 57.6 Å². The number of hydrogen-bond acceptors (Lipinski definition) is 8. The molecule has 1 saturated carbocycles. The molecule has 2 unspecified atom stereocenters. The Balaban J connectivity index is 0.00000230. The third kappa shape index (κ3) is 17.9. The molecule has 0 amide bonds. The van der Waals surface area contributed by atoms with E-state index in [0.717, 1.165) is 87.5 Å². The number of carbonyl (C=O) groups excluding carboxylic acids is 2. The van der Waals surface area contributed by atoms with E-state index in [2.05, 4.69) is 79.7 Å². The molecule has 1 aliphatic rings. The minimum atomic E-state index is -1.08. The molecule has 9 heteroatoms. The van der Waals surface area contributed by atoms with Gasteiger partial charge in [0.2, 0.25) is 0 Å². The number of carbonyl (C=O) groups is 2. The Morgan fingerprint density at radius 3 is 1.27 bits per heavy atom. The van der Waals surface area contributed by atoms with E-state index < -0.39 is 11.9 Å². The number of aliphatic carboxylic acids is 2. The Hall–Kier alpha value is -3.17. The van der Waals surface area contributed by atoms with Gasteiger partial charge in [0.15, 0.2) is 0 Å². The van der Waals surface area contributed by atoms with Gasteiger partial charge in [-0.15, -0.1) is 0 Å². The molecule has 3 rings (SSSR count). The van der Waals surface area contributed by atoms with E-state index in [-0.39, 0.29) is 40.7 Å². The van der Waals surface area contributed by atoms with E-state index >= 15 is 0 Å². The number of aliphatic imine (C=N–C) groups is 2. The molecule has 0 bridgehead atoms. The molecule has 2 atom stereocenters. The monoisotopic (exact) mass is 723 g/mol. The molecule has 2 aromatic carbocycles. The smallest absolute Gasteiger partial charge is 0.550 e. The predicted molar refractivity (Wildman–Crippen MR) is 193 cm³/mol. The van der Waals surface area contributed by atoms with Gasteiger partial charge in [0.1, 0.15) is 11.5 Å². The minimum absolute atomic E-state index is 0. The summed E-state index contributed by atoms with van der Waals surface area (Å²) in [6, 6.07) is 8.70. The van der Waals surface area contributed by atoms with Crippen LogP contribution in [0.25, 0.3) is 0 Å². The number of nitrogens with zero attached hydrogens (tertiary/aromatic N) is 2. The van der Waals surface area contributed by atoms with Crippen LogP contribution in [0.15, 0.2) is 34.3 Å². The molecule has 1 aliphatic carbocycles. The Kier molecular flexibility index (Phi) is 21.8. The normalized spacial score (nSPS) is 16.0. The molecule has 2 aromatic rings. The van der Waals surface area contributed by atoms with Crippen molar-refractivity contribution < 1.29 is 46.8 Å². The predicted octanol–water partition coefficient (Wildman–Crippen LogP) is 6.88. The first-order chi connectivity index (χ1) is 22.4. The van der Waals surface area contributed by atoms with Crippen molar-refractivity contribution in [2.45, 2.75) is 145 Å². The Labute approximate surface area is 305 Å². The molecule has 0 aliphatic heterocycles. The van der Waals surface area contributed by atoms with Crippen molar-refractivity contribution >= 4 is 24.4 Å². The van der Waals surface area contributed by atoms with Gasteiger partial charge in [-0.3, -0.25) is 9.98 Å². The van der Waals surface area contributed by atoms with E-state index in [0.29, 0.717) is 23.3 Å². The summed E-state index contributed by atoms with van der Waals surface area (Å²) in [6.07, 6.45) is 12.3. The zero-order valence-electron chi connectivity index (χ0n) is 31.3.